The van der Waals surface area contributed by atoms with Crippen molar-refractivity contribution in [2.45, 2.75) is 6.92 Å². The van der Waals surface area contributed by atoms with Gasteiger partial charge in [0, 0.05) is 15.6 Å². The minimum atomic E-state index is -0.555. The molecule has 0 bridgehead atoms. The molecule has 0 spiro atoms. The third-order valence-electron chi connectivity index (χ3n) is 4.12. The van der Waals surface area contributed by atoms with Crippen molar-refractivity contribution in [2.24, 2.45) is 5.10 Å². The van der Waals surface area contributed by atoms with Gasteiger partial charge in [-0.2, -0.15) is 10.4 Å². The number of hydrazone groups is 1. The number of aromatic amines is 1. The van der Waals surface area contributed by atoms with Crippen LogP contribution in [0.1, 0.15) is 18.1 Å². The number of ether oxygens (including phenoxy) is 2. The first kappa shape index (κ1) is 22.5. The lowest BCUT2D eigenvalue weighted by Crippen LogP contribution is -2.16. The second kappa shape index (κ2) is 10.2. The second-order valence-corrected chi connectivity index (χ2v) is 7.63. The van der Waals surface area contributed by atoms with Crippen molar-refractivity contribution in [3.05, 3.63) is 66.8 Å². The van der Waals surface area contributed by atoms with Gasteiger partial charge in [0.15, 0.2) is 11.5 Å². The predicted molar refractivity (Wildman–Crippen MR) is 126 cm³/mol. The zero-order valence-electron chi connectivity index (χ0n) is 16.6. The molecular formula is C21H17Br2N5O3. The summed E-state index contributed by atoms with van der Waals surface area (Å²) in [6.45, 7) is 2.37. The lowest BCUT2D eigenvalue weighted by Gasteiger charge is -2.14. The Balaban J connectivity index is 1.93. The van der Waals surface area contributed by atoms with Crippen LogP contribution in [0.25, 0.3) is 11.3 Å². The third-order valence-corrected chi connectivity index (χ3v) is 6.26. The average molecular weight is 547 g/mol. The topological polar surface area (TPSA) is 112 Å². The van der Waals surface area contributed by atoms with Crippen molar-refractivity contribution in [2.75, 3.05) is 19.1 Å². The van der Waals surface area contributed by atoms with Crippen LogP contribution in [-0.4, -0.2) is 29.9 Å². The minimum Gasteiger partial charge on any atom is -0.493 e. The summed E-state index contributed by atoms with van der Waals surface area (Å²) in [6.07, 6.45) is 1.54. The van der Waals surface area contributed by atoms with E-state index in [1.165, 1.54) is 6.21 Å². The van der Waals surface area contributed by atoms with E-state index >= 15 is 0 Å². The molecule has 158 valence electrons. The van der Waals surface area contributed by atoms with Crippen molar-refractivity contribution in [3.8, 4) is 28.8 Å². The summed E-state index contributed by atoms with van der Waals surface area (Å²) in [4.78, 5) is 19.2. The molecule has 0 unspecified atom stereocenters. The van der Waals surface area contributed by atoms with Crippen molar-refractivity contribution >= 4 is 44.0 Å². The van der Waals surface area contributed by atoms with E-state index < -0.39 is 5.56 Å². The lowest BCUT2D eigenvalue weighted by atomic mass is 10.1. The first-order chi connectivity index (χ1) is 15.0. The van der Waals surface area contributed by atoms with Gasteiger partial charge in [0.05, 0.1) is 30.1 Å². The number of methoxy groups -OCH3 is 1. The fourth-order valence-corrected chi connectivity index (χ4v) is 3.66. The molecule has 0 fully saturated rings. The maximum absolute atomic E-state index is 12.3. The zero-order chi connectivity index (χ0) is 22.4. The summed E-state index contributed by atoms with van der Waals surface area (Å²) in [5.74, 6) is 1.22. The third kappa shape index (κ3) is 4.95. The first-order valence-corrected chi connectivity index (χ1v) is 10.7. The van der Waals surface area contributed by atoms with Gasteiger partial charge in [0.2, 0.25) is 5.95 Å². The number of hydrogen-bond donors (Lipinski definition) is 2. The molecule has 0 amide bonds. The molecule has 2 aromatic carbocycles. The van der Waals surface area contributed by atoms with Crippen molar-refractivity contribution in [1.29, 1.82) is 5.26 Å². The van der Waals surface area contributed by atoms with Crippen molar-refractivity contribution in [1.82, 2.24) is 9.97 Å². The molecule has 1 aromatic heterocycles. The Morgan fingerprint density at radius 1 is 1.29 bits per heavy atom. The van der Waals surface area contributed by atoms with Gasteiger partial charge < -0.3 is 9.47 Å². The van der Waals surface area contributed by atoms with E-state index in [9.17, 15) is 10.1 Å². The molecule has 2 N–H and O–H groups in total. The van der Waals surface area contributed by atoms with Gasteiger partial charge in [-0.15, -0.1) is 0 Å². The molecule has 8 nitrogen and oxygen atoms in total. The average Bonchev–Trinajstić information content (AvgIpc) is 2.78. The normalized spacial score (nSPS) is 10.7. The van der Waals surface area contributed by atoms with Crippen LogP contribution in [0.3, 0.4) is 0 Å². The number of nitrogens with zero attached hydrogens (tertiary/aromatic N) is 3. The maximum Gasteiger partial charge on any atom is 0.270 e. The summed E-state index contributed by atoms with van der Waals surface area (Å²) in [7, 11) is 1.55. The van der Waals surface area contributed by atoms with Crippen LogP contribution in [0.4, 0.5) is 5.95 Å². The number of anilines is 1. The van der Waals surface area contributed by atoms with E-state index in [1.54, 1.807) is 37.4 Å². The van der Waals surface area contributed by atoms with Crippen LogP contribution < -0.4 is 20.5 Å². The molecule has 0 aliphatic rings. The van der Waals surface area contributed by atoms with E-state index in [4.69, 9.17) is 9.47 Å². The van der Waals surface area contributed by atoms with E-state index in [1.807, 2.05) is 19.1 Å². The molecule has 3 aromatic rings. The number of H-pyrrole nitrogens is 1. The molecule has 0 aliphatic carbocycles. The number of rotatable bonds is 7. The van der Waals surface area contributed by atoms with Crippen LogP contribution >= 0.6 is 31.9 Å². The molecule has 3 rings (SSSR count). The fraction of sp³-hybridized carbons (Fsp3) is 0.143. The van der Waals surface area contributed by atoms with Crippen LogP contribution in [0, 0.1) is 11.3 Å². The Labute approximate surface area is 195 Å². The Hall–Kier alpha value is -3.16. The van der Waals surface area contributed by atoms with Gasteiger partial charge in [-0.3, -0.25) is 9.78 Å². The number of nitriles is 1. The van der Waals surface area contributed by atoms with E-state index in [2.05, 4.69) is 52.4 Å². The Morgan fingerprint density at radius 2 is 2.03 bits per heavy atom. The summed E-state index contributed by atoms with van der Waals surface area (Å²) in [5.41, 5.74) is 3.70. The molecule has 1 heterocycles. The Kier molecular flexibility index (Phi) is 7.44. The van der Waals surface area contributed by atoms with Crippen LogP contribution in [0.5, 0.6) is 11.5 Å². The summed E-state index contributed by atoms with van der Waals surface area (Å²) in [5, 5.41) is 13.5. The Bertz CT molecular complexity index is 1220. The van der Waals surface area contributed by atoms with Gasteiger partial charge in [0.25, 0.3) is 5.56 Å². The molecule has 0 saturated heterocycles. The first-order valence-electron chi connectivity index (χ1n) is 9.07. The SMILES string of the molecule is CCOc1c(OC)cc(C=NNc2nc(-c3ccccc3)c(C#N)c(=O)[nH]2)c(Br)c1Br. The number of halogens is 2. The van der Waals surface area contributed by atoms with Gasteiger partial charge >= 0.3 is 0 Å². The summed E-state index contributed by atoms with van der Waals surface area (Å²) in [6, 6.07) is 12.7. The van der Waals surface area contributed by atoms with Crippen LogP contribution in [0.15, 0.2) is 55.2 Å². The largest absolute Gasteiger partial charge is 0.493 e. The highest BCUT2D eigenvalue weighted by molar-refractivity contribution is 9.13. The predicted octanol–water partition coefficient (Wildman–Crippen LogP) is 4.69. The van der Waals surface area contributed by atoms with Crippen LogP contribution in [0.2, 0.25) is 0 Å². The highest BCUT2D eigenvalue weighted by Crippen LogP contribution is 2.42. The van der Waals surface area contributed by atoms with Crippen molar-refractivity contribution in [3.63, 3.8) is 0 Å². The zero-order valence-corrected chi connectivity index (χ0v) is 19.7. The standard InChI is InChI=1S/C21H17Br2N5O3/c1-3-31-19-15(30-2)9-13(16(22)17(19)23)11-25-28-21-26-18(12-7-5-4-6-8-12)14(10-24)20(29)27-21/h4-9,11H,3H2,1-2H3,(H2,26,27,28,29). The van der Waals surface area contributed by atoms with E-state index in [-0.39, 0.29) is 17.2 Å². The van der Waals surface area contributed by atoms with Crippen molar-refractivity contribution < 1.29 is 9.47 Å². The number of hydrogen-bond acceptors (Lipinski definition) is 7. The minimum absolute atomic E-state index is 0.0661. The number of benzene rings is 2. The molecular weight excluding hydrogens is 530 g/mol. The monoisotopic (exact) mass is 545 g/mol. The molecule has 10 heteroatoms. The van der Waals surface area contributed by atoms with E-state index in [0.717, 1.165) is 0 Å². The highest BCUT2D eigenvalue weighted by atomic mass is 79.9. The number of nitrogens with one attached hydrogen (secondary N) is 2. The van der Waals surface area contributed by atoms with Crippen LogP contribution in [-0.2, 0) is 0 Å². The van der Waals surface area contributed by atoms with Gasteiger partial charge in [0.1, 0.15) is 11.6 Å². The molecule has 0 radical (unpaired) electrons. The summed E-state index contributed by atoms with van der Waals surface area (Å²) < 4.78 is 12.4. The fourth-order valence-electron chi connectivity index (χ4n) is 2.73. The quantitative estimate of drug-likeness (QED) is 0.328. The number of aromatic nitrogens is 2. The van der Waals surface area contributed by atoms with Gasteiger partial charge in [-0.05, 0) is 44.8 Å². The molecule has 0 saturated carbocycles. The van der Waals surface area contributed by atoms with Gasteiger partial charge in [-0.1, -0.05) is 30.3 Å². The summed E-state index contributed by atoms with van der Waals surface area (Å²) >= 11 is 7.01. The maximum atomic E-state index is 12.3. The van der Waals surface area contributed by atoms with Gasteiger partial charge in [-0.25, -0.2) is 10.4 Å². The smallest absolute Gasteiger partial charge is 0.270 e. The molecule has 0 atom stereocenters. The Morgan fingerprint density at radius 3 is 2.68 bits per heavy atom. The second-order valence-electron chi connectivity index (χ2n) is 6.04. The van der Waals surface area contributed by atoms with E-state index in [0.29, 0.717) is 38.2 Å². The lowest BCUT2D eigenvalue weighted by molar-refractivity contribution is 0.308. The molecule has 0 aliphatic heterocycles. The highest BCUT2D eigenvalue weighted by Gasteiger charge is 2.16. The molecule has 31 heavy (non-hydrogen) atoms.